The lowest BCUT2D eigenvalue weighted by Gasteiger charge is -2.19. The van der Waals surface area contributed by atoms with Crippen molar-refractivity contribution < 1.29 is 23.9 Å². The number of benzene rings is 1. The number of imide groups is 1. The molecular weight excluding hydrogens is 372 g/mol. The summed E-state index contributed by atoms with van der Waals surface area (Å²) >= 11 is 0. The largest absolute Gasteiger partial charge is 0.462 e. The number of rotatable bonds is 8. The first-order valence-corrected chi connectivity index (χ1v) is 10.4. The van der Waals surface area contributed by atoms with Gasteiger partial charge in [0.25, 0.3) is 0 Å². The van der Waals surface area contributed by atoms with Crippen molar-refractivity contribution in [1.82, 2.24) is 4.90 Å². The van der Waals surface area contributed by atoms with Gasteiger partial charge < -0.3 is 10.1 Å². The standard InChI is InChI=1S/C22H28N2O5/c1-2-3-14-29-22(28)15-8-10-16(11-9-15)23-19(25)12-13-24-20(26)17-6-4-5-7-18(17)21(24)27/h8-11,17-18H,2-7,12-14H2,1H3,(H,23,25)/t17-,18-/m0/s1. The van der Waals surface area contributed by atoms with E-state index >= 15 is 0 Å². The van der Waals surface area contributed by atoms with Gasteiger partial charge in [-0.05, 0) is 43.5 Å². The zero-order chi connectivity index (χ0) is 20.8. The van der Waals surface area contributed by atoms with E-state index in [1.807, 2.05) is 6.92 Å². The highest BCUT2D eigenvalue weighted by molar-refractivity contribution is 6.05. The number of hydrogen-bond acceptors (Lipinski definition) is 5. The lowest BCUT2D eigenvalue weighted by molar-refractivity contribution is -0.140. The van der Waals surface area contributed by atoms with E-state index in [-0.39, 0.29) is 48.5 Å². The number of unbranched alkanes of at least 4 members (excludes halogenated alkanes) is 1. The van der Waals surface area contributed by atoms with Gasteiger partial charge in [0.05, 0.1) is 24.0 Å². The van der Waals surface area contributed by atoms with E-state index in [2.05, 4.69) is 5.32 Å². The van der Waals surface area contributed by atoms with Crippen LogP contribution < -0.4 is 5.32 Å². The Bertz CT molecular complexity index is 750. The summed E-state index contributed by atoms with van der Waals surface area (Å²) in [5.41, 5.74) is 0.975. The third-order valence-corrected chi connectivity index (χ3v) is 5.63. The van der Waals surface area contributed by atoms with Crippen molar-refractivity contribution in [1.29, 1.82) is 0 Å². The molecule has 0 radical (unpaired) electrons. The minimum absolute atomic E-state index is 0.0533. The Labute approximate surface area is 170 Å². The van der Waals surface area contributed by atoms with Crippen LogP contribution in [-0.4, -0.2) is 41.7 Å². The van der Waals surface area contributed by atoms with Crippen LogP contribution >= 0.6 is 0 Å². The quantitative estimate of drug-likeness (QED) is 0.411. The Balaban J connectivity index is 1.48. The molecule has 0 unspecified atom stereocenters. The minimum Gasteiger partial charge on any atom is -0.462 e. The lowest BCUT2D eigenvalue weighted by atomic mass is 9.81. The highest BCUT2D eigenvalue weighted by Gasteiger charge is 2.47. The van der Waals surface area contributed by atoms with Crippen LogP contribution in [-0.2, 0) is 19.1 Å². The molecule has 1 aliphatic heterocycles. The molecule has 1 aromatic rings. The Morgan fingerprint density at radius 2 is 1.69 bits per heavy atom. The number of esters is 1. The van der Waals surface area contributed by atoms with Gasteiger partial charge in [-0.25, -0.2) is 4.79 Å². The molecule has 3 amide bonds. The molecule has 2 aliphatic rings. The summed E-state index contributed by atoms with van der Waals surface area (Å²) in [5.74, 6) is -1.30. The number of fused-ring (bicyclic) bond motifs is 1. The molecule has 1 aliphatic carbocycles. The summed E-state index contributed by atoms with van der Waals surface area (Å²) in [4.78, 5) is 50.3. The molecule has 7 nitrogen and oxygen atoms in total. The zero-order valence-corrected chi connectivity index (χ0v) is 16.8. The first-order chi connectivity index (χ1) is 14.0. The van der Waals surface area contributed by atoms with Gasteiger partial charge in [0, 0.05) is 18.7 Å². The second-order valence-electron chi connectivity index (χ2n) is 7.69. The predicted molar refractivity (Wildman–Crippen MR) is 107 cm³/mol. The number of nitrogens with zero attached hydrogens (tertiary/aromatic N) is 1. The second kappa shape index (κ2) is 9.67. The average molecular weight is 400 g/mol. The third-order valence-electron chi connectivity index (χ3n) is 5.63. The minimum atomic E-state index is -0.385. The highest BCUT2D eigenvalue weighted by Crippen LogP contribution is 2.37. The topological polar surface area (TPSA) is 92.8 Å². The van der Waals surface area contributed by atoms with E-state index in [0.717, 1.165) is 38.5 Å². The molecule has 3 rings (SSSR count). The molecule has 1 aromatic carbocycles. The van der Waals surface area contributed by atoms with Gasteiger partial charge in [0.2, 0.25) is 17.7 Å². The summed E-state index contributed by atoms with van der Waals surface area (Å²) < 4.78 is 5.15. The molecule has 0 aromatic heterocycles. The normalized spacial score (nSPS) is 21.1. The van der Waals surface area contributed by atoms with E-state index in [0.29, 0.717) is 17.9 Å². The van der Waals surface area contributed by atoms with E-state index in [9.17, 15) is 19.2 Å². The van der Waals surface area contributed by atoms with Gasteiger partial charge in [-0.3, -0.25) is 19.3 Å². The van der Waals surface area contributed by atoms with Gasteiger partial charge in [-0.2, -0.15) is 0 Å². The molecule has 0 bridgehead atoms. The van der Waals surface area contributed by atoms with Crippen molar-refractivity contribution in [3.63, 3.8) is 0 Å². The van der Waals surface area contributed by atoms with Crippen LogP contribution in [0, 0.1) is 11.8 Å². The molecule has 2 atom stereocenters. The molecule has 1 saturated heterocycles. The monoisotopic (exact) mass is 400 g/mol. The predicted octanol–water partition coefficient (Wildman–Crippen LogP) is 3.15. The fraction of sp³-hybridized carbons (Fsp3) is 0.545. The van der Waals surface area contributed by atoms with Crippen molar-refractivity contribution in [2.24, 2.45) is 11.8 Å². The molecule has 0 spiro atoms. The van der Waals surface area contributed by atoms with Gasteiger partial charge >= 0.3 is 5.97 Å². The van der Waals surface area contributed by atoms with Crippen molar-refractivity contribution in [3.8, 4) is 0 Å². The van der Waals surface area contributed by atoms with Crippen LogP contribution in [0.5, 0.6) is 0 Å². The Morgan fingerprint density at radius 3 is 2.28 bits per heavy atom. The first-order valence-electron chi connectivity index (χ1n) is 10.4. The highest BCUT2D eigenvalue weighted by atomic mass is 16.5. The molecular formula is C22H28N2O5. The van der Waals surface area contributed by atoms with E-state index in [4.69, 9.17) is 4.74 Å². The summed E-state index contributed by atoms with van der Waals surface area (Å²) in [5, 5.41) is 2.74. The summed E-state index contributed by atoms with van der Waals surface area (Å²) in [6.07, 6.45) is 5.33. The SMILES string of the molecule is CCCCOC(=O)c1ccc(NC(=O)CCN2C(=O)[C@H]3CCCC[C@@H]3C2=O)cc1. The van der Waals surface area contributed by atoms with Crippen molar-refractivity contribution in [2.45, 2.75) is 51.9 Å². The average Bonchev–Trinajstić information content (AvgIpc) is 2.97. The maximum absolute atomic E-state index is 12.4. The second-order valence-corrected chi connectivity index (χ2v) is 7.69. The number of carbonyl (C=O) groups excluding carboxylic acids is 4. The van der Waals surface area contributed by atoms with Gasteiger partial charge in [-0.1, -0.05) is 26.2 Å². The Kier molecular flexibility index (Phi) is 7.01. The summed E-state index contributed by atoms with van der Waals surface area (Å²) in [6.45, 7) is 2.52. The van der Waals surface area contributed by atoms with Crippen LogP contribution in [0.3, 0.4) is 0 Å². The van der Waals surface area contributed by atoms with E-state index in [1.165, 1.54) is 4.90 Å². The smallest absolute Gasteiger partial charge is 0.338 e. The van der Waals surface area contributed by atoms with Gasteiger partial charge in [0.1, 0.15) is 0 Å². The fourth-order valence-electron chi connectivity index (χ4n) is 3.97. The maximum atomic E-state index is 12.4. The maximum Gasteiger partial charge on any atom is 0.338 e. The summed E-state index contributed by atoms with van der Waals surface area (Å²) in [6, 6.07) is 6.47. The van der Waals surface area contributed by atoms with E-state index in [1.54, 1.807) is 24.3 Å². The van der Waals surface area contributed by atoms with Crippen LogP contribution in [0.2, 0.25) is 0 Å². The molecule has 1 heterocycles. The third kappa shape index (κ3) is 5.02. The number of ether oxygens (including phenoxy) is 1. The number of nitrogens with one attached hydrogen (secondary N) is 1. The molecule has 156 valence electrons. The first kappa shape index (κ1) is 21.0. The van der Waals surface area contributed by atoms with Crippen molar-refractivity contribution >= 4 is 29.4 Å². The molecule has 1 N–H and O–H groups in total. The Morgan fingerprint density at radius 1 is 1.07 bits per heavy atom. The zero-order valence-electron chi connectivity index (χ0n) is 16.8. The number of hydrogen-bond donors (Lipinski definition) is 1. The lowest BCUT2D eigenvalue weighted by Crippen LogP contribution is -2.34. The fourth-order valence-corrected chi connectivity index (χ4v) is 3.97. The molecule has 29 heavy (non-hydrogen) atoms. The number of anilines is 1. The van der Waals surface area contributed by atoms with Crippen LogP contribution in [0.1, 0.15) is 62.2 Å². The number of amides is 3. The van der Waals surface area contributed by atoms with E-state index < -0.39 is 0 Å². The molecule has 7 heteroatoms. The van der Waals surface area contributed by atoms with Crippen molar-refractivity contribution in [2.75, 3.05) is 18.5 Å². The molecule has 1 saturated carbocycles. The Hall–Kier alpha value is -2.70. The number of carbonyl (C=O) groups is 4. The van der Waals surface area contributed by atoms with Crippen LogP contribution in [0.25, 0.3) is 0 Å². The van der Waals surface area contributed by atoms with Gasteiger partial charge in [0.15, 0.2) is 0 Å². The summed E-state index contributed by atoms with van der Waals surface area (Å²) in [7, 11) is 0. The molecule has 2 fully saturated rings. The van der Waals surface area contributed by atoms with Crippen molar-refractivity contribution in [3.05, 3.63) is 29.8 Å². The number of likely N-dealkylation sites (tertiary alicyclic amines) is 1. The van der Waals surface area contributed by atoms with Gasteiger partial charge in [-0.15, -0.1) is 0 Å². The van der Waals surface area contributed by atoms with Crippen LogP contribution in [0.15, 0.2) is 24.3 Å². The van der Waals surface area contributed by atoms with Crippen LogP contribution in [0.4, 0.5) is 5.69 Å².